The molecule has 3 nitrogen and oxygen atoms in total. The van der Waals surface area contributed by atoms with Gasteiger partial charge >= 0.3 is 5.97 Å². The molecule has 2 heterocycles. The van der Waals surface area contributed by atoms with Gasteiger partial charge in [0, 0.05) is 23.0 Å². The third kappa shape index (κ3) is 2.72. The van der Waals surface area contributed by atoms with Crippen LogP contribution < -0.4 is 0 Å². The number of fused-ring (bicyclic) bond motifs is 1. The Morgan fingerprint density at radius 2 is 1.86 bits per heavy atom. The van der Waals surface area contributed by atoms with Crippen LogP contribution in [-0.4, -0.2) is 16.5 Å². The molecule has 1 aromatic carbocycles. The number of carbonyl (C=O) groups is 1. The van der Waals surface area contributed by atoms with Crippen molar-refractivity contribution in [1.82, 2.24) is 4.40 Å². The van der Waals surface area contributed by atoms with Gasteiger partial charge in [0.1, 0.15) is 0 Å². The highest BCUT2D eigenvalue weighted by molar-refractivity contribution is 6.30. The molecule has 0 saturated heterocycles. The summed E-state index contributed by atoms with van der Waals surface area (Å²) in [6, 6.07) is 13.2. The first kappa shape index (κ1) is 14.7. The van der Waals surface area contributed by atoms with Crippen molar-refractivity contribution in [3.05, 3.63) is 65.4 Å². The number of rotatable bonds is 3. The third-order valence-electron chi connectivity index (χ3n) is 3.39. The molecule has 0 fully saturated rings. The SMILES string of the molecule is CC(C)OC(=O)c1c(-c2ccc(Cl)cc2)cn2ccccc12. The highest BCUT2D eigenvalue weighted by Crippen LogP contribution is 2.30. The molecule has 4 heteroatoms. The lowest BCUT2D eigenvalue weighted by molar-refractivity contribution is 0.0381. The monoisotopic (exact) mass is 313 g/mol. The number of aromatic nitrogens is 1. The topological polar surface area (TPSA) is 30.7 Å². The Labute approximate surface area is 134 Å². The Bertz CT molecular complexity index is 819. The minimum absolute atomic E-state index is 0.163. The lowest BCUT2D eigenvalue weighted by Crippen LogP contribution is -2.12. The second kappa shape index (κ2) is 5.85. The van der Waals surface area contributed by atoms with Crippen LogP contribution in [0.1, 0.15) is 24.2 Å². The number of nitrogens with zero attached hydrogens (tertiary/aromatic N) is 1. The number of benzene rings is 1. The number of hydrogen-bond donors (Lipinski definition) is 0. The lowest BCUT2D eigenvalue weighted by atomic mass is 10.0. The van der Waals surface area contributed by atoms with Crippen molar-refractivity contribution in [1.29, 1.82) is 0 Å². The summed E-state index contributed by atoms with van der Waals surface area (Å²) in [7, 11) is 0. The van der Waals surface area contributed by atoms with Crippen LogP contribution in [0.25, 0.3) is 16.6 Å². The number of carbonyl (C=O) groups excluding carboxylic acids is 1. The van der Waals surface area contributed by atoms with Crippen LogP contribution in [0.4, 0.5) is 0 Å². The van der Waals surface area contributed by atoms with Crippen LogP contribution in [0.15, 0.2) is 54.9 Å². The molecule has 0 bridgehead atoms. The van der Waals surface area contributed by atoms with Gasteiger partial charge in [0.15, 0.2) is 0 Å². The summed E-state index contributed by atoms with van der Waals surface area (Å²) >= 11 is 5.95. The van der Waals surface area contributed by atoms with Gasteiger partial charge in [0.25, 0.3) is 0 Å². The fraction of sp³-hybridized carbons (Fsp3) is 0.167. The van der Waals surface area contributed by atoms with E-state index in [-0.39, 0.29) is 12.1 Å². The second-order valence-electron chi connectivity index (χ2n) is 5.37. The van der Waals surface area contributed by atoms with Crippen LogP contribution in [0.3, 0.4) is 0 Å². The van der Waals surface area contributed by atoms with Gasteiger partial charge in [-0.1, -0.05) is 29.8 Å². The average Bonchev–Trinajstić information content (AvgIpc) is 2.86. The van der Waals surface area contributed by atoms with E-state index in [2.05, 4.69) is 0 Å². The lowest BCUT2D eigenvalue weighted by Gasteiger charge is -2.09. The predicted octanol–water partition coefficient (Wildman–Crippen LogP) is 4.82. The molecule has 0 amide bonds. The quantitative estimate of drug-likeness (QED) is 0.649. The first-order valence-electron chi connectivity index (χ1n) is 7.13. The van der Waals surface area contributed by atoms with Gasteiger partial charge in [0.2, 0.25) is 0 Å². The van der Waals surface area contributed by atoms with E-state index in [4.69, 9.17) is 16.3 Å². The van der Waals surface area contributed by atoms with E-state index < -0.39 is 0 Å². The van der Waals surface area contributed by atoms with Crippen LogP contribution in [0.5, 0.6) is 0 Å². The molecular weight excluding hydrogens is 298 g/mol. The van der Waals surface area contributed by atoms with Crippen LogP contribution in [0.2, 0.25) is 5.02 Å². The summed E-state index contributed by atoms with van der Waals surface area (Å²) in [5, 5.41) is 0.666. The Hall–Kier alpha value is -2.26. The molecular formula is C18H16ClNO2. The van der Waals surface area contributed by atoms with E-state index in [9.17, 15) is 4.79 Å². The normalized spacial score (nSPS) is 11.1. The van der Waals surface area contributed by atoms with E-state index in [1.807, 2.05) is 73.1 Å². The first-order valence-corrected chi connectivity index (χ1v) is 7.50. The van der Waals surface area contributed by atoms with E-state index >= 15 is 0 Å². The first-order chi connectivity index (χ1) is 10.6. The summed E-state index contributed by atoms with van der Waals surface area (Å²) in [5.74, 6) is -0.311. The standard InChI is InChI=1S/C18H16ClNO2/c1-12(2)22-18(21)17-15(13-6-8-14(19)9-7-13)11-20-10-4-3-5-16(17)20/h3-12H,1-2H3. The van der Waals surface area contributed by atoms with E-state index in [0.29, 0.717) is 10.6 Å². The molecule has 0 aliphatic heterocycles. The zero-order valence-corrected chi connectivity index (χ0v) is 13.2. The molecule has 2 aromatic heterocycles. The Balaban J connectivity index is 2.20. The van der Waals surface area contributed by atoms with Crippen molar-refractivity contribution < 1.29 is 9.53 Å². The number of esters is 1. The van der Waals surface area contributed by atoms with Crippen molar-refractivity contribution in [3.63, 3.8) is 0 Å². The van der Waals surface area contributed by atoms with Crippen LogP contribution in [-0.2, 0) is 4.74 Å². The zero-order chi connectivity index (χ0) is 15.7. The van der Waals surface area contributed by atoms with Crippen molar-refractivity contribution in [2.75, 3.05) is 0 Å². The highest BCUT2D eigenvalue weighted by atomic mass is 35.5. The van der Waals surface area contributed by atoms with Gasteiger partial charge < -0.3 is 9.14 Å². The van der Waals surface area contributed by atoms with E-state index in [0.717, 1.165) is 16.6 Å². The molecule has 0 radical (unpaired) electrons. The minimum atomic E-state index is -0.311. The van der Waals surface area contributed by atoms with Crippen molar-refractivity contribution in [2.24, 2.45) is 0 Å². The Morgan fingerprint density at radius 1 is 1.14 bits per heavy atom. The molecule has 0 aliphatic rings. The zero-order valence-electron chi connectivity index (χ0n) is 12.4. The third-order valence-corrected chi connectivity index (χ3v) is 3.64. The molecule has 0 spiro atoms. The van der Waals surface area contributed by atoms with E-state index in [1.54, 1.807) is 0 Å². The largest absolute Gasteiger partial charge is 0.459 e. The van der Waals surface area contributed by atoms with Gasteiger partial charge in [0.05, 0.1) is 17.2 Å². The maximum absolute atomic E-state index is 12.5. The smallest absolute Gasteiger partial charge is 0.341 e. The number of halogens is 1. The molecule has 0 atom stereocenters. The number of hydrogen-bond acceptors (Lipinski definition) is 2. The number of pyridine rings is 1. The van der Waals surface area contributed by atoms with Gasteiger partial charge in [-0.05, 0) is 43.7 Å². The molecule has 3 aromatic rings. The average molecular weight is 314 g/mol. The molecule has 0 aliphatic carbocycles. The Kier molecular flexibility index (Phi) is 3.90. The Morgan fingerprint density at radius 3 is 2.55 bits per heavy atom. The fourth-order valence-electron chi connectivity index (χ4n) is 2.46. The van der Waals surface area contributed by atoms with Crippen LogP contribution >= 0.6 is 11.6 Å². The maximum atomic E-state index is 12.5. The molecule has 3 rings (SSSR count). The summed E-state index contributed by atoms with van der Waals surface area (Å²) in [6.07, 6.45) is 3.69. The van der Waals surface area contributed by atoms with Gasteiger partial charge in [-0.15, -0.1) is 0 Å². The van der Waals surface area contributed by atoms with Gasteiger partial charge in [-0.2, -0.15) is 0 Å². The van der Waals surface area contributed by atoms with Gasteiger partial charge in [-0.25, -0.2) is 4.79 Å². The summed E-state index contributed by atoms with van der Waals surface area (Å²) in [4.78, 5) is 12.5. The second-order valence-corrected chi connectivity index (χ2v) is 5.81. The molecule has 0 saturated carbocycles. The summed E-state index contributed by atoms with van der Waals surface area (Å²) in [6.45, 7) is 3.69. The van der Waals surface area contributed by atoms with Crippen molar-refractivity contribution in [2.45, 2.75) is 20.0 Å². The molecule has 0 N–H and O–H groups in total. The minimum Gasteiger partial charge on any atom is -0.459 e. The number of ether oxygens (including phenoxy) is 1. The maximum Gasteiger partial charge on any atom is 0.341 e. The van der Waals surface area contributed by atoms with E-state index in [1.165, 1.54) is 0 Å². The van der Waals surface area contributed by atoms with Crippen LogP contribution in [0, 0.1) is 0 Å². The summed E-state index contributed by atoms with van der Waals surface area (Å²) < 4.78 is 7.34. The molecule has 22 heavy (non-hydrogen) atoms. The molecule has 112 valence electrons. The van der Waals surface area contributed by atoms with Crippen molar-refractivity contribution in [3.8, 4) is 11.1 Å². The fourth-order valence-corrected chi connectivity index (χ4v) is 2.58. The highest BCUT2D eigenvalue weighted by Gasteiger charge is 2.21. The van der Waals surface area contributed by atoms with Crippen molar-refractivity contribution >= 4 is 23.1 Å². The van der Waals surface area contributed by atoms with Gasteiger partial charge in [-0.3, -0.25) is 0 Å². The molecule has 0 unspecified atom stereocenters. The predicted molar refractivity (Wildman–Crippen MR) is 88.4 cm³/mol. The summed E-state index contributed by atoms with van der Waals surface area (Å²) in [5.41, 5.74) is 3.19.